The zero-order chi connectivity index (χ0) is 17.2. The SMILES string of the molecule is COc1ccc2ccccc2c1/C=C(/C#N)c1nc2ccccc2s1. The molecule has 0 bridgehead atoms. The van der Waals surface area contributed by atoms with Crippen molar-refractivity contribution in [1.29, 1.82) is 5.26 Å². The number of nitrogens with zero attached hydrogens (tertiary/aromatic N) is 2. The van der Waals surface area contributed by atoms with Crippen molar-refractivity contribution in [3.8, 4) is 11.8 Å². The summed E-state index contributed by atoms with van der Waals surface area (Å²) in [5, 5.41) is 12.6. The molecule has 3 aromatic carbocycles. The number of ether oxygens (including phenoxy) is 1. The fraction of sp³-hybridized carbons (Fsp3) is 0.0476. The van der Waals surface area contributed by atoms with Gasteiger partial charge in [-0.25, -0.2) is 4.98 Å². The van der Waals surface area contributed by atoms with Gasteiger partial charge in [-0.3, -0.25) is 0 Å². The fourth-order valence-corrected chi connectivity index (χ4v) is 3.81. The molecule has 0 saturated carbocycles. The van der Waals surface area contributed by atoms with Gasteiger partial charge in [-0.1, -0.05) is 42.5 Å². The standard InChI is InChI=1S/C21H14N2OS/c1-24-19-11-10-14-6-2-3-7-16(14)17(19)12-15(13-22)21-23-18-8-4-5-9-20(18)25-21/h2-12H,1H3/b15-12-. The van der Waals surface area contributed by atoms with Gasteiger partial charge in [0.05, 0.1) is 22.9 Å². The summed E-state index contributed by atoms with van der Waals surface area (Å²) < 4.78 is 6.60. The Balaban J connectivity index is 1.94. The minimum absolute atomic E-state index is 0.538. The Labute approximate surface area is 149 Å². The Morgan fingerprint density at radius 3 is 2.68 bits per heavy atom. The maximum Gasteiger partial charge on any atom is 0.135 e. The third-order valence-electron chi connectivity index (χ3n) is 4.08. The average Bonchev–Trinajstić information content (AvgIpc) is 3.09. The predicted octanol–water partition coefficient (Wildman–Crippen LogP) is 5.52. The van der Waals surface area contributed by atoms with Gasteiger partial charge in [-0.05, 0) is 35.0 Å². The molecule has 0 radical (unpaired) electrons. The second-order valence-corrected chi connectivity index (χ2v) is 6.59. The second-order valence-electron chi connectivity index (χ2n) is 5.56. The van der Waals surface area contributed by atoms with Crippen molar-refractivity contribution in [2.24, 2.45) is 0 Å². The number of aromatic nitrogens is 1. The topological polar surface area (TPSA) is 45.9 Å². The lowest BCUT2D eigenvalue weighted by Gasteiger charge is -2.09. The van der Waals surface area contributed by atoms with Crippen LogP contribution in [0.2, 0.25) is 0 Å². The highest BCUT2D eigenvalue weighted by Gasteiger charge is 2.12. The van der Waals surface area contributed by atoms with Crippen LogP contribution < -0.4 is 4.74 Å². The lowest BCUT2D eigenvalue weighted by Crippen LogP contribution is -1.90. The van der Waals surface area contributed by atoms with Crippen LogP contribution >= 0.6 is 11.3 Å². The second kappa shape index (κ2) is 6.39. The number of hydrogen-bond acceptors (Lipinski definition) is 4. The van der Waals surface area contributed by atoms with Crippen molar-refractivity contribution in [2.45, 2.75) is 0 Å². The summed E-state index contributed by atoms with van der Waals surface area (Å²) in [6.45, 7) is 0. The lowest BCUT2D eigenvalue weighted by molar-refractivity contribution is 0.414. The molecule has 0 N–H and O–H groups in total. The van der Waals surface area contributed by atoms with Crippen LogP contribution in [0, 0.1) is 11.3 Å². The van der Waals surface area contributed by atoms with Gasteiger partial charge in [0.25, 0.3) is 0 Å². The summed E-state index contributed by atoms with van der Waals surface area (Å²) in [6, 6.07) is 22.2. The molecule has 0 aliphatic heterocycles. The Morgan fingerprint density at radius 1 is 1.08 bits per heavy atom. The van der Waals surface area contributed by atoms with Gasteiger partial charge in [-0.15, -0.1) is 11.3 Å². The average molecular weight is 342 g/mol. The first kappa shape index (κ1) is 15.4. The lowest BCUT2D eigenvalue weighted by atomic mass is 10.0. The monoisotopic (exact) mass is 342 g/mol. The van der Waals surface area contributed by atoms with Crippen molar-refractivity contribution in [2.75, 3.05) is 7.11 Å². The van der Waals surface area contributed by atoms with Gasteiger partial charge in [0.15, 0.2) is 0 Å². The molecule has 0 atom stereocenters. The smallest absolute Gasteiger partial charge is 0.135 e. The highest BCUT2D eigenvalue weighted by molar-refractivity contribution is 7.19. The van der Waals surface area contributed by atoms with E-state index in [-0.39, 0.29) is 0 Å². The first-order chi connectivity index (χ1) is 12.3. The van der Waals surface area contributed by atoms with E-state index in [2.05, 4.69) is 17.1 Å². The van der Waals surface area contributed by atoms with Crippen LogP contribution in [0.15, 0.2) is 60.7 Å². The summed E-state index contributed by atoms with van der Waals surface area (Å²) in [7, 11) is 1.64. The van der Waals surface area contributed by atoms with E-state index in [0.717, 1.165) is 37.3 Å². The summed E-state index contributed by atoms with van der Waals surface area (Å²) in [5.41, 5.74) is 2.35. The van der Waals surface area contributed by atoms with Crippen LogP contribution in [0.4, 0.5) is 0 Å². The van der Waals surface area contributed by atoms with Crippen LogP contribution in [0.3, 0.4) is 0 Å². The molecule has 0 saturated heterocycles. The molecule has 1 aromatic heterocycles. The molecule has 0 aliphatic rings. The highest BCUT2D eigenvalue weighted by atomic mass is 32.1. The first-order valence-electron chi connectivity index (χ1n) is 7.83. The normalized spacial score (nSPS) is 11.6. The minimum atomic E-state index is 0.538. The van der Waals surface area contributed by atoms with Crippen LogP contribution in [0.25, 0.3) is 32.6 Å². The number of para-hydroxylation sites is 1. The number of thiazole rings is 1. The number of rotatable bonds is 3. The van der Waals surface area contributed by atoms with E-state index in [4.69, 9.17) is 4.74 Å². The fourth-order valence-electron chi connectivity index (χ4n) is 2.88. The Bertz CT molecular complexity index is 1120. The minimum Gasteiger partial charge on any atom is -0.496 e. The summed E-state index contributed by atoms with van der Waals surface area (Å²) in [6.07, 6.45) is 1.87. The molecule has 25 heavy (non-hydrogen) atoms. The van der Waals surface area contributed by atoms with Crippen LogP contribution in [-0.4, -0.2) is 12.1 Å². The highest BCUT2D eigenvalue weighted by Crippen LogP contribution is 2.33. The van der Waals surface area contributed by atoms with Gasteiger partial charge in [-0.2, -0.15) is 5.26 Å². The molecule has 0 amide bonds. The number of methoxy groups -OCH3 is 1. The zero-order valence-corrected chi connectivity index (χ0v) is 14.4. The molecule has 0 spiro atoms. The summed E-state index contributed by atoms with van der Waals surface area (Å²) >= 11 is 1.53. The maximum atomic E-state index is 9.71. The van der Waals surface area contributed by atoms with Gasteiger partial charge >= 0.3 is 0 Å². The third-order valence-corrected chi connectivity index (χ3v) is 5.15. The number of benzene rings is 3. The predicted molar refractivity (Wildman–Crippen MR) is 104 cm³/mol. The molecule has 0 unspecified atom stereocenters. The van der Waals surface area contributed by atoms with Crippen molar-refractivity contribution in [3.05, 3.63) is 71.2 Å². The van der Waals surface area contributed by atoms with Crippen molar-refractivity contribution >= 4 is 44.0 Å². The molecular weight excluding hydrogens is 328 g/mol. The molecule has 0 fully saturated rings. The summed E-state index contributed by atoms with van der Waals surface area (Å²) in [4.78, 5) is 4.60. The summed E-state index contributed by atoms with van der Waals surface area (Å²) in [5.74, 6) is 0.743. The molecular formula is C21H14N2OS. The molecule has 4 heteroatoms. The largest absolute Gasteiger partial charge is 0.496 e. The van der Waals surface area contributed by atoms with Crippen LogP contribution in [0.5, 0.6) is 5.75 Å². The zero-order valence-electron chi connectivity index (χ0n) is 13.6. The number of hydrogen-bond donors (Lipinski definition) is 0. The van der Waals surface area contributed by atoms with Crippen molar-refractivity contribution in [3.63, 3.8) is 0 Å². The Morgan fingerprint density at radius 2 is 1.88 bits per heavy atom. The Kier molecular flexibility index (Phi) is 3.93. The molecule has 3 nitrogen and oxygen atoms in total. The maximum absolute atomic E-state index is 9.71. The van der Waals surface area contributed by atoms with E-state index in [9.17, 15) is 5.26 Å². The van der Waals surface area contributed by atoms with Gasteiger partial charge in [0.1, 0.15) is 16.8 Å². The van der Waals surface area contributed by atoms with E-state index in [0.29, 0.717) is 5.57 Å². The van der Waals surface area contributed by atoms with Crippen LogP contribution in [0.1, 0.15) is 10.6 Å². The third kappa shape index (κ3) is 2.75. The van der Waals surface area contributed by atoms with Crippen LogP contribution in [-0.2, 0) is 0 Å². The van der Waals surface area contributed by atoms with Crippen molar-refractivity contribution < 1.29 is 4.74 Å². The van der Waals surface area contributed by atoms with E-state index in [1.807, 2.05) is 60.7 Å². The molecule has 4 aromatic rings. The molecule has 0 aliphatic carbocycles. The Hall–Kier alpha value is -3.16. The molecule has 4 rings (SSSR count). The first-order valence-corrected chi connectivity index (χ1v) is 8.65. The quantitative estimate of drug-likeness (QED) is 0.460. The number of nitriles is 1. The van der Waals surface area contributed by atoms with Gasteiger partial charge < -0.3 is 4.74 Å². The molecule has 120 valence electrons. The van der Waals surface area contributed by atoms with E-state index in [1.165, 1.54) is 11.3 Å². The van der Waals surface area contributed by atoms with E-state index in [1.54, 1.807) is 7.11 Å². The van der Waals surface area contributed by atoms with Gasteiger partial charge in [0.2, 0.25) is 0 Å². The van der Waals surface area contributed by atoms with Crippen molar-refractivity contribution in [1.82, 2.24) is 4.98 Å². The number of fused-ring (bicyclic) bond motifs is 2. The van der Waals surface area contributed by atoms with Gasteiger partial charge in [0, 0.05) is 5.56 Å². The number of allylic oxidation sites excluding steroid dienone is 1. The van der Waals surface area contributed by atoms with E-state index < -0.39 is 0 Å². The van der Waals surface area contributed by atoms with E-state index >= 15 is 0 Å². The molecule has 1 heterocycles.